The van der Waals surface area contributed by atoms with Crippen LogP contribution in [0, 0.1) is 0 Å². The first kappa shape index (κ1) is 22.1. The monoisotopic (exact) mass is 456 g/mol. The third-order valence-electron chi connectivity index (χ3n) is 5.21. The highest BCUT2D eigenvalue weighted by molar-refractivity contribution is 8.03. The van der Waals surface area contributed by atoms with E-state index in [2.05, 4.69) is 83.2 Å². The molecule has 32 heavy (non-hydrogen) atoms. The zero-order chi connectivity index (χ0) is 22.4. The molecule has 0 aliphatic carbocycles. The van der Waals surface area contributed by atoms with Gasteiger partial charge < -0.3 is 4.90 Å². The van der Waals surface area contributed by atoms with Crippen molar-refractivity contribution in [3.63, 3.8) is 0 Å². The van der Waals surface area contributed by atoms with Crippen LogP contribution >= 0.6 is 23.1 Å². The Balaban J connectivity index is 1.82. The lowest BCUT2D eigenvalue weighted by Gasteiger charge is -2.34. The predicted octanol–water partition coefficient (Wildman–Crippen LogP) is 6.54. The fourth-order valence-electron chi connectivity index (χ4n) is 3.67. The van der Waals surface area contributed by atoms with Crippen LogP contribution in [0.15, 0.2) is 102 Å². The van der Waals surface area contributed by atoms with Gasteiger partial charge in [-0.3, -0.25) is 4.79 Å². The molecule has 0 aliphatic heterocycles. The molecule has 0 radical (unpaired) electrons. The van der Waals surface area contributed by atoms with Crippen LogP contribution in [0.2, 0.25) is 0 Å². The van der Waals surface area contributed by atoms with Gasteiger partial charge in [-0.05, 0) is 28.2 Å². The zero-order valence-electron chi connectivity index (χ0n) is 18.0. The fourth-order valence-corrected chi connectivity index (χ4v) is 5.65. The average Bonchev–Trinajstić information content (AvgIpc) is 3.31. The van der Waals surface area contributed by atoms with Gasteiger partial charge in [-0.25, -0.2) is 4.98 Å². The normalized spacial score (nSPS) is 11.6. The largest absolute Gasteiger partial charge is 0.343 e. The zero-order valence-corrected chi connectivity index (χ0v) is 19.6. The number of thiazole rings is 1. The standard InChI is InChI=1S/C27H24N2OS2/c1-29(2)26(30)25-24(31-20-28-25)18-19-32-27(21-12-6-3-7-13-21,22-14-8-4-9-15-22)23-16-10-5-11-17-23/h3-20H,1-2H3. The van der Waals surface area contributed by atoms with Crippen molar-refractivity contribution in [3.8, 4) is 0 Å². The van der Waals surface area contributed by atoms with E-state index < -0.39 is 4.75 Å². The third kappa shape index (κ3) is 4.40. The molecule has 0 saturated carbocycles. The fraction of sp³-hybridized carbons (Fsp3) is 0.111. The molecule has 0 fully saturated rings. The molecule has 0 N–H and O–H groups in total. The number of rotatable bonds is 7. The number of benzene rings is 3. The van der Waals surface area contributed by atoms with E-state index in [1.807, 2.05) is 24.3 Å². The molecule has 3 aromatic carbocycles. The molecule has 5 heteroatoms. The van der Waals surface area contributed by atoms with Gasteiger partial charge in [0, 0.05) is 14.1 Å². The molecule has 1 aromatic heterocycles. The van der Waals surface area contributed by atoms with Gasteiger partial charge in [-0.1, -0.05) is 91.0 Å². The Kier molecular flexibility index (Phi) is 6.88. The lowest BCUT2D eigenvalue weighted by Crippen LogP contribution is -2.24. The van der Waals surface area contributed by atoms with E-state index in [0.717, 1.165) is 4.88 Å². The Morgan fingerprint density at radius 2 is 1.31 bits per heavy atom. The second-order valence-corrected chi connectivity index (χ2v) is 9.47. The number of nitrogens with zero attached hydrogens (tertiary/aromatic N) is 2. The van der Waals surface area contributed by atoms with E-state index >= 15 is 0 Å². The van der Waals surface area contributed by atoms with Gasteiger partial charge in [0.2, 0.25) is 0 Å². The van der Waals surface area contributed by atoms with Gasteiger partial charge in [0.05, 0.1) is 15.1 Å². The van der Waals surface area contributed by atoms with Crippen LogP contribution in [0.5, 0.6) is 0 Å². The molecule has 4 rings (SSSR count). The van der Waals surface area contributed by atoms with Crippen molar-refractivity contribution in [1.82, 2.24) is 9.88 Å². The molecule has 0 unspecified atom stereocenters. The molecule has 1 heterocycles. The van der Waals surface area contributed by atoms with Crippen LogP contribution in [0.1, 0.15) is 32.1 Å². The minimum absolute atomic E-state index is 0.0867. The summed E-state index contributed by atoms with van der Waals surface area (Å²) in [4.78, 5) is 19.2. The Morgan fingerprint density at radius 1 is 0.844 bits per heavy atom. The molecule has 0 atom stereocenters. The maximum atomic E-state index is 12.5. The van der Waals surface area contributed by atoms with E-state index in [4.69, 9.17) is 0 Å². The summed E-state index contributed by atoms with van der Waals surface area (Å²) < 4.78 is -0.434. The minimum Gasteiger partial charge on any atom is -0.343 e. The molecule has 0 saturated heterocycles. The summed E-state index contributed by atoms with van der Waals surface area (Å²) in [5.74, 6) is -0.0867. The summed E-state index contributed by atoms with van der Waals surface area (Å²) in [6.07, 6.45) is 2.00. The van der Waals surface area contributed by atoms with Crippen LogP contribution in [0.4, 0.5) is 0 Å². The van der Waals surface area contributed by atoms with Gasteiger partial charge in [0.25, 0.3) is 5.91 Å². The summed E-state index contributed by atoms with van der Waals surface area (Å²) >= 11 is 3.20. The van der Waals surface area contributed by atoms with Gasteiger partial charge in [0.15, 0.2) is 0 Å². The lowest BCUT2D eigenvalue weighted by molar-refractivity contribution is 0.0822. The maximum absolute atomic E-state index is 12.5. The first-order chi connectivity index (χ1) is 15.6. The van der Waals surface area contributed by atoms with E-state index in [1.54, 1.807) is 36.3 Å². The van der Waals surface area contributed by atoms with E-state index in [-0.39, 0.29) is 5.91 Å². The summed E-state index contributed by atoms with van der Waals surface area (Å²) in [5.41, 5.74) is 5.80. The van der Waals surface area contributed by atoms with Crippen LogP contribution in [-0.2, 0) is 4.75 Å². The van der Waals surface area contributed by atoms with Gasteiger partial charge in [-0.15, -0.1) is 23.1 Å². The van der Waals surface area contributed by atoms with Crippen LogP contribution in [-0.4, -0.2) is 29.9 Å². The van der Waals surface area contributed by atoms with Crippen molar-refractivity contribution >= 4 is 35.1 Å². The molecular weight excluding hydrogens is 432 g/mol. The number of amides is 1. The summed E-state index contributed by atoms with van der Waals surface area (Å²) in [7, 11) is 3.49. The van der Waals surface area contributed by atoms with E-state index in [9.17, 15) is 4.79 Å². The molecule has 0 bridgehead atoms. The van der Waals surface area contributed by atoms with Crippen molar-refractivity contribution in [3.05, 3.63) is 129 Å². The van der Waals surface area contributed by atoms with E-state index in [1.165, 1.54) is 28.0 Å². The topological polar surface area (TPSA) is 33.2 Å². The van der Waals surface area contributed by atoms with Gasteiger partial charge in [0.1, 0.15) is 5.69 Å². The highest BCUT2D eigenvalue weighted by Crippen LogP contribution is 2.49. The molecule has 0 spiro atoms. The van der Waals surface area contributed by atoms with Crippen LogP contribution in [0.3, 0.4) is 0 Å². The predicted molar refractivity (Wildman–Crippen MR) is 136 cm³/mol. The molecule has 0 aliphatic rings. The highest BCUT2D eigenvalue weighted by Gasteiger charge is 2.36. The Labute approximate surface area is 197 Å². The number of thioether (sulfide) groups is 1. The average molecular weight is 457 g/mol. The quantitative estimate of drug-likeness (QED) is 0.296. The smallest absolute Gasteiger partial charge is 0.273 e. The first-order valence-electron chi connectivity index (χ1n) is 10.3. The van der Waals surface area contributed by atoms with Crippen LogP contribution < -0.4 is 0 Å². The third-order valence-corrected chi connectivity index (χ3v) is 7.34. The lowest BCUT2D eigenvalue weighted by atomic mass is 9.84. The second-order valence-electron chi connectivity index (χ2n) is 7.46. The molecule has 4 aromatic rings. The highest BCUT2D eigenvalue weighted by atomic mass is 32.2. The van der Waals surface area contributed by atoms with Crippen molar-refractivity contribution < 1.29 is 4.79 Å². The molecular formula is C27H24N2OS2. The van der Waals surface area contributed by atoms with Crippen molar-refractivity contribution in [2.24, 2.45) is 0 Å². The molecule has 160 valence electrons. The summed E-state index contributed by atoms with van der Waals surface area (Å²) in [5, 5.41) is 2.09. The first-order valence-corrected chi connectivity index (χ1v) is 12.0. The SMILES string of the molecule is CN(C)C(=O)c1ncsc1C=CSC(c1ccccc1)(c1ccccc1)c1ccccc1. The summed E-state index contributed by atoms with van der Waals surface area (Å²) in [6, 6.07) is 31.7. The molecule has 1 amide bonds. The van der Waals surface area contributed by atoms with Crippen molar-refractivity contribution in [2.45, 2.75) is 4.75 Å². The van der Waals surface area contributed by atoms with Gasteiger partial charge in [-0.2, -0.15) is 0 Å². The van der Waals surface area contributed by atoms with Crippen molar-refractivity contribution in [2.75, 3.05) is 14.1 Å². The second kappa shape index (κ2) is 9.98. The Bertz CT molecular complexity index is 1090. The van der Waals surface area contributed by atoms with Crippen LogP contribution in [0.25, 0.3) is 6.08 Å². The molecule has 3 nitrogen and oxygen atoms in total. The number of aromatic nitrogens is 1. The number of hydrogen-bond donors (Lipinski definition) is 0. The summed E-state index contributed by atoms with van der Waals surface area (Å²) in [6.45, 7) is 0. The minimum atomic E-state index is -0.434. The van der Waals surface area contributed by atoms with Gasteiger partial charge >= 0.3 is 0 Å². The Hall–Kier alpha value is -3.15. The maximum Gasteiger partial charge on any atom is 0.273 e. The number of carbonyl (C=O) groups excluding carboxylic acids is 1. The van der Waals surface area contributed by atoms with Crippen molar-refractivity contribution in [1.29, 1.82) is 0 Å². The number of carbonyl (C=O) groups is 1. The Morgan fingerprint density at radius 3 is 1.75 bits per heavy atom. The van der Waals surface area contributed by atoms with E-state index in [0.29, 0.717) is 5.69 Å². The number of hydrogen-bond acceptors (Lipinski definition) is 4.